The Labute approximate surface area is 141 Å². The molecule has 1 saturated carbocycles. The molecule has 0 spiro atoms. The second kappa shape index (κ2) is 6.40. The van der Waals surface area contributed by atoms with Crippen molar-refractivity contribution < 1.29 is 19.5 Å². The normalized spacial score (nSPS) is 13.4. The number of carboxylic acid groups (broad SMARTS) is 1. The summed E-state index contributed by atoms with van der Waals surface area (Å²) in [7, 11) is 0. The van der Waals surface area contributed by atoms with Crippen LogP contribution >= 0.6 is 11.3 Å². The molecule has 0 saturated heterocycles. The molecule has 0 bridgehead atoms. The summed E-state index contributed by atoms with van der Waals surface area (Å²) in [6.45, 7) is 1.77. The van der Waals surface area contributed by atoms with Gasteiger partial charge >= 0.3 is 5.97 Å². The van der Waals surface area contributed by atoms with Gasteiger partial charge in [0, 0.05) is 17.0 Å². The minimum atomic E-state index is -1.07. The zero-order valence-electron chi connectivity index (χ0n) is 12.8. The van der Waals surface area contributed by atoms with Crippen LogP contribution in [0.1, 0.15) is 39.3 Å². The second-order valence-corrected chi connectivity index (χ2v) is 6.45. The number of rotatable bonds is 5. The Morgan fingerprint density at radius 2 is 2.00 bits per heavy atom. The fourth-order valence-electron chi connectivity index (χ4n) is 2.06. The van der Waals surface area contributed by atoms with Crippen molar-refractivity contribution in [2.45, 2.75) is 19.8 Å². The Hall–Kier alpha value is -2.74. The average Bonchev–Trinajstić information content (AvgIpc) is 3.29. The molecule has 2 amide bonds. The monoisotopic (exact) mass is 345 g/mol. The summed E-state index contributed by atoms with van der Waals surface area (Å²) in [5.74, 6) is -1.53. The topological polar surface area (TPSA) is 108 Å². The number of amides is 2. The van der Waals surface area contributed by atoms with Crippen molar-refractivity contribution in [1.82, 2.24) is 4.98 Å². The summed E-state index contributed by atoms with van der Waals surface area (Å²) in [6, 6.07) is 4.50. The fourth-order valence-corrected chi connectivity index (χ4v) is 2.76. The van der Waals surface area contributed by atoms with Crippen LogP contribution in [0.5, 0.6) is 0 Å². The van der Waals surface area contributed by atoms with E-state index in [0.29, 0.717) is 10.8 Å². The number of anilines is 2. The summed E-state index contributed by atoms with van der Waals surface area (Å²) in [5.41, 5.74) is 1.42. The molecular formula is C16H15N3O4S. The Balaban J connectivity index is 1.71. The summed E-state index contributed by atoms with van der Waals surface area (Å²) < 4.78 is 0. The SMILES string of the molecule is Cc1ccc(C(=O)O)cc1NC(=O)c1csc(NC(=O)C2CC2)n1. The van der Waals surface area contributed by atoms with Crippen molar-refractivity contribution in [2.24, 2.45) is 5.92 Å². The number of nitrogens with zero attached hydrogens (tertiary/aromatic N) is 1. The highest BCUT2D eigenvalue weighted by atomic mass is 32.1. The molecule has 1 aliphatic rings. The lowest BCUT2D eigenvalue weighted by Crippen LogP contribution is -2.15. The van der Waals surface area contributed by atoms with Crippen LogP contribution in [0.4, 0.5) is 10.8 Å². The van der Waals surface area contributed by atoms with E-state index in [1.165, 1.54) is 23.5 Å². The lowest BCUT2D eigenvalue weighted by atomic mass is 10.1. The predicted octanol–water partition coefficient (Wildman–Crippen LogP) is 2.75. The third-order valence-corrected chi connectivity index (χ3v) is 4.41. The zero-order valence-corrected chi connectivity index (χ0v) is 13.6. The van der Waals surface area contributed by atoms with Crippen molar-refractivity contribution in [2.75, 3.05) is 10.6 Å². The van der Waals surface area contributed by atoms with Gasteiger partial charge in [-0.15, -0.1) is 11.3 Å². The number of thiazole rings is 1. The number of aromatic carboxylic acids is 1. The molecule has 24 heavy (non-hydrogen) atoms. The molecule has 3 rings (SSSR count). The molecule has 1 fully saturated rings. The van der Waals surface area contributed by atoms with Gasteiger partial charge < -0.3 is 15.7 Å². The van der Waals surface area contributed by atoms with E-state index in [0.717, 1.165) is 18.4 Å². The van der Waals surface area contributed by atoms with Crippen molar-refractivity contribution in [3.63, 3.8) is 0 Å². The fraction of sp³-hybridized carbons (Fsp3) is 0.250. The lowest BCUT2D eigenvalue weighted by Gasteiger charge is -2.08. The highest BCUT2D eigenvalue weighted by Gasteiger charge is 2.30. The van der Waals surface area contributed by atoms with E-state index in [1.54, 1.807) is 18.4 Å². The molecule has 0 aliphatic heterocycles. The first-order valence-corrected chi connectivity index (χ1v) is 8.23. The molecule has 7 nitrogen and oxygen atoms in total. The smallest absolute Gasteiger partial charge is 0.335 e. The molecule has 0 unspecified atom stereocenters. The molecule has 124 valence electrons. The molecule has 1 aliphatic carbocycles. The number of carbonyl (C=O) groups is 3. The molecule has 0 radical (unpaired) electrons. The van der Waals surface area contributed by atoms with E-state index in [4.69, 9.17) is 5.11 Å². The zero-order chi connectivity index (χ0) is 17.3. The van der Waals surface area contributed by atoms with E-state index < -0.39 is 11.9 Å². The number of aryl methyl sites for hydroxylation is 1. The third kappa shape index (κ3) is 3.60. The van der Waals surface area contributed by atoms with Gasteiger partial charge in [-0.2, -0.15) is 0 Å². The number of carboxylic acids is 1. The van der Waals surface area contributed by atoms with Crippen LogP contribution < -0.4 is 10.6 Å². The van der Waals surface area contributed by atoms with Gasteiger partial charge in [-0.1, -0.05) is 6.07 Å². The van der Waals surface area contributed by atoms with Gasteiger partial charge in [0.15, 0.2) is 5.13 Å². The van der Waals surface area contributed by atoms with Crippen molar-refractivity contribution in [3.8, 4) is 0 Å². The maximum atomic E-state index is 12.3. The number of benzene rings is 1. The summed E-state index contributed by atoms with van der Waals surface area (Å²) in [6.07, 6.45) is 1.79. The van der Waals surface area contributed by atoms with Crippen LogP contribution in [0.3, 0.4) is 0 Å². The first-order chi connectivity index (χ1) is 11.4. The number of aromatic nitrogens is 1. The molecule has 1 heterocycles. The Kier molecular flexibility index (Phi) is 4.30. The van der Waals surface area contributed by atoms with E-state index in [2.05, 4.69) is 15.6 Å². The quantitative estimate of drug-likeness (QED) is 0.772. The Bertz CT molecular complexity index is 826. The number of hydrogen-bond acceptors (Lipinski definition) is 5. The van der Waals surface area contributed by atoms with E-state index in [1.807, 2.05) is 0 Å². The van der Waals surface area contributed by atoms with Gasteiger partial charge in [0.2, 0.25) is 5.91 Å². The molecule has 0 atom stereocenters. The van der Waals surface area contributed by atoms with Gasteiger partial charge in [0.1, 0.15) is 5.69 Å². The second-order valence-electron chi connectivity index (χ2n) is 5.59. The molecule has 8 heteroatoms. The first kappa shape index (κ1) is 16.1. The van der Waals surface area contributed by atoms with E-state index in [9.17, 15) is 14.4 Å². The average molecular weight is 345 g/mol. The van der Waals surface area contributed by atoms with Gasteiger partial charge in [-0.3, -0.25) is 9.59 Å². The molecule has 1 aromatic carbocycles. The van der Waals surface area contributed by atoms with E-state index in [-0.39, 0.29) is 23.1 Å². The van der Waals surface area contributed by atoms with Crippen LogP contribution in [-0.4, -0.2) is 27.9 Å². The molecule has 2 aromatic rings. The summed E-state index contributed by atoms with van der Waals surface area (Å²) >= 11 is 1.18. The highest BCUT2D eigenvalue weighted by Crippen LogP contribution is 2.30. The largest absolute Gasteiger partial charge is 0.478 e. The van der Waals surface area contributed by atoms with Crippen molar-refractivity contribution in [1.29, 1.82) is 0 Å². The standard InChI is InChI=1S/C16H15N3O4S/c1-8-2-3-10(15(22)23)6-11(8)17-14(21)12-7-24-16(18-12)19-13(20)9-4-5-9/h2-3,6-7,9H,4-5H2,1H3,(H,17,21)(H,22,23)(H,18,19,20). The van der Waals surface area contributed by atoms with Crippen LogP contribution in [0.2, 0.25) is 0 Å². The minimum absolute atomic E-state index is 0.0626. The maximum Gasteiger partial charge on any atom is 0.335 e. The highest BCUT2D eigenvalue weighted by molar-refractivity contribution is 7.14. The molecular weight excluding hydrogens is 330 g/mol. The summed E-state index contributed by atoms with van der Waals surface area (Å²) in [4.78, 5) is 39.1. The van der Waals surface area contributed by atoms with Crippen LogP contribution in [0.25, 0.3) is 0 Å². The minimum Gasteiger partial charge on any atom is -0.478 e. The van der Waals surface area contributed by atoms with Crippen LogP contribution in [0, 0.1) is 12.8 Å². The Morgan fingerprint density at radius 3 is 2.67 bits per heavy atom. The van der Waals surface area contributed by atoms with Gasteiger partial charge in [-0.25, -0.2) is 9.78 Å². The van der Waals surface area contributed by atoms with Crippen LogP contribution in [-0.2, 0) is 4.79 Å². The first-order valence-electron chi connectivity index (χ1n) is 7.35. The Morgan fingerprint density at radius 1 is 1.25 bits per heavy atom. The van der Waals surface area contributed by atoms with Crippen molar-refractivity contribution in [3.05, 3.63) is 40.4 Å². The maximum absolute atomic E-state index is 12.3. The third-order valence-electron chi connectivity index (χ3n) is 3.65. The number of nitrogens with one attached hydrogen (secondary N) is 2. The number of carbonyl (C=O) groups excluding carboxylic acids is 2. The van der Waals surface area contributed by atoms with Gasteiger partial charge in [0.05, 0.1) is 5.56 Å². The lowest BCUT2D eigenvalue weighted by molar-refractivity contribution is -0.117. The number of hydrogen-bond donors (Lipinski definition) is 3. The van der Waals surface area contributed by atoms with E-state index >= 15 is 0 Å². The van der Waals surface area contributed by atoms with Crippen molar-refractivity contribution >= 4 is 39.9 Å². The summed E-state index contributed by atoms with van der Waals surface area (Å²) in [5, 5.41) is 16.3. The molecule has 3 N–H and O–H groups in total. The molecule has 1 aromatic heterocycles. The van der Waals surface area contributed by atoms with Crippen LogP contribution in [0.15, 0.2) is 23.6 Å². The van der Waals surface area contributed by atoms with Gasteiger partial charge in [0.25, 0.3) is 5.91 Å². The predicted molar refractivity (Wildman–Crippen MR) is 89.6 cm³/mol. The van der Waals surface area contributed by atoms with Gasteiger partial charge in [-0.05, 0) is 37.5 Å².